The molecule has 0 unspecified atom stereocenters. The van der Waals surface area contributed by atoms with E-state index in [0.29, 0.717) is 19.5 Å². The van der Waals surface area contributed by atoms with Crippen molar-refractivity contribution in [2.45, 2.75) is 25.9 Å². The lowest BCUT2D eigenvalue weighted by Crippen LogP contribution is -2.42. The molecule has 1 rings (SSSR count). The molecule has 0 spiro atoms. The molecular weight excluding hydrogens is 206 g/mol. The fourth-order valence-corrected chi connectivity index (χ4v) is 2.20. The number of rotatable bonds is 2. The van der Waals surface area contributed by atoms with Gasteiger partial charge in [-0.25, -0.2) is 0 Å². The summed E-state index contributed by atoms with van der Waals surface area (Å²) in [5.74, 6) is -0.0354. The van der Waals surface area contributed by atoms with Crippen LogP contribution in [0.1, 0.15) is 19.8 Å². The number of hydrogen-bond acceptors (Lipinski definition) is 4. The molecule has 1 fully saturated rings. The second-order valence-corrected chi connectivity index (χ2v) is 5.13. The molecule has 1 amide bonds. The number of likely N-dealkylation sites (tertiary alicyclic amines) is 1. The average molecular weight is 221 g/mol. The maximum Gasteiger partial charge on any atom is 0.264 e. The Morgan fingerprint density at radius 2 is 2.14 bits per heavy atom. The first kappa shape index (κ1) is 11.5. The van der Waals surface area contributed by atoms with Crippen molar-refractivity contribution in [3.63, 3.8) is 0 Å². The Balaban J connectivity index is 2.52. The fraction of sp³-hybridized carbons (Fsp3) is 0.875. The van der Waals surface area contributed by atoms with E-state index in [1.807, 2.05) is 0 Å². The molecule has 82 valence electrons. The molecule has 6 heteroatoms. The first-order valence-corrected chi connectivity index (χ1v) is 6.34. The van der Waals surface area contributed by atoms with Gasteiger partial charge in [0.1, 0.15) is 0 Å². The highest BCUT2D eigenvalue weighted by Crippen LogP contribution is 2.14. The summed E-state index contributed by atoms with van der Waals surface area (Å²) in [7, 11) is -3.41. The summed E-state index contributed by atoms with van der Waals surface area (Å²) in [6.07, 6.45) is 2.14. The van der Waals surface area contributed by atoms with E-state index in [9.17, 15) is 13.2 Å². The van der Waals surface area contributed by atoms with Crippen LogP contribution in [0.5, 0.6) is 0 Å². The predicted molar refractivity (Wildman–Crippen MR) is 51.2 cm³/mol. The SMILES string of the molecule is CC(=O)N1CCC[C@H](OS(C)(=O)=O)C1. The predicted octanol–water partition coefficient (Wildman–Crippen LogP) is -0.0265. The minimum atomic E-state index is -3.41. The van der Waals surface area contributed by atoms with Crippen LogP contribution in [0.3, 0.4) is 0 Å². The van der Waals surface area contributed by atoms with Crippen molar-refractivity contribution in [2.24, 2.45) is 0 Å². The number of nitrogens with zero attached hydrogens (tertiary/aromatic N) is 1. The second kappa shape index (κ2) is 4.27. The Hall–Kier alpha value is -0.620. The van der Waals surface area contributed by atoms with Crippen LogP contribution in [0.15, 0.2) is 0 Å². The molecule has 0 aromatic carbocycles. The van der Waals surface area contributed by atoms with Crippen LogP contribution in [0.2, 0.25) is 0 Å². The Bertz CT molecular complexity index is 311. The average Bonchev–Trinajstić information content (AvgIpc) is 2.01. The van der Waals surface area contributed by atoms with Gasteiger partial charge >= 0.3 is 0 Å². The Morgan fingerprint density at radius 1 is 1.50 bits per heavy atom. The molecule has 0 aromatic rings. The maximum absolute atomic E-state index is 11.0. The first-order valence-electron chi connectivity index (χ1n) is 4.52. The van der Waals surface area contributed by atoms with Crippen LogP contribution in [0.4, 0.5) is 0 Å². The van der Waals surface area contributed by atoms with Crippen molar-refractivity contribution in [3.8, 4) is 0 Å². The zero-order valence-corrected chi connectivity index (χ0v) is 9.21. The van der Waals surface area contributed by atoms with Gasteiger partial charge in [-0.05, 0) is 12.8 Å². The van der Waals surface area contributed by atoms with E-state index in [4.69, 9.17) is 4.18 Å². The van der Waals surface area contributed by atoms with Gasteiger partial charge in [0.2, 0.25) is 5.91 Å². The van der Waals surface area contributed by atoms with Crippen LogP contribution in [-0.4, -0.2) is 44.7 Å². The molecule has 0 bridgehead atoms. The van der Waals surface area contributed by atoms with Gasteiger partial charge in [-0.2, -0.15) is 8.42 Å². The van der Waals surface area contributed by atoms with Crippen LogP contribution >= 0.6 is 0 Å². The standard InChI is InChI=1S/C8H15NO4S/c1-7(10)9-5-3-4-8(6-9)13-14(2,11)12/h8H,3-6H2,1-2H3/t8-/m0/s1. The summed E-state index contributed by atoms with van der Waals surface area (Å²) in [5, 5.41) is 0. The van der Waals surface area contributed by atoms with E-state index in [0.717, 1.165) is 12.7 Å². The Labute approximate surface area is 84.2 Å². The summed E-state index contributed by atoms with van der Waals surface area (Å²) in [6.45, 7) is 2.55. The van der Waals surface area contributed by atoms with E-state index in [1.165, 1.54) is 6.92 Å². The molecule has 0 saturated carbocycles. The number of carbonyl (C=O) groups excluding carboxylic acids is 1. The van der Waals surface area contributed by atoms with Gasteiger partial charge in [0, 0.05) is 20.0 Å². The largest absolute Gasteiger partial charge is 0.340 e. The van der Waals surface area contributed by atoms with Crippen molar-refractivity contribution in [1.29, 1.82) is 0 Å². The molecular formula is C8H15NO4S. The third-order valence-electron chi connectivity index (χ3n) is 2.13. The van der Waals surface area contributed by atoms with Crippen LogP contribution in [0.25, 0.3) is 0 Å². The van der Waals surface area contributed by atoms with Crippen LogP contribution < -0.4 is 0 Å². The molecule has 1 atom stereocenters. The molecule has 5 nitrogen and oxygen atoms in total. The quantitative estimate of drug-likeness (QED) is 0.614. The van der Waals surface area contributed by atoms with Crippen molar-refractivity contribution < 1.29 is 17.4 Å². The first-order chi connectivity index (χ1) is 6.38. The molecule has 0 aromatic heterocycles. The van der Waals surface area contributed by atoms with Crippen molar-refractivity contribution >= 4 is 16.0 Å². The van der Waals surface area contributed by atoms with Gasteiger partial charge in [-0.1, -0.05) is 0 Å². The summed E-state index contributed by atoms with van der Waals surface area (Å²) in [5.41, 5.74) is 0. The second-order valence-electron chi connectivity index (χ2n) is 3.53. The lowest BCUT2D eigenvalue weighted by Gasteiger charge is -2.31. The summed E-state index contributed by atoms with van der Waals surface area (Å²) in [6, 6.07) is 0. The fourth-order valence-electron chi connectivity index (χ4n) is 1.55. The highest BCUT2D eigenvalue weighted by Gasteiger charge is 2.24. The lowest BCUT2D eigenvalue weighted by molar-refractivity contribution is -0.131. The molecule has 0 radical (unpaired) electrons. The lowest BCUT2D eigenvalue weighted by atomic mass is 10.1. The smallest absolute Gasteiger partial charge is 0.264 e. The minimum Gasteiger partial charge on any atom is -0.340 e. The highest BCUT2D eigenvalue weighted by molar-refractivity contribution is 7.86. The van der Waals surface area contributed by atoms with E-state index < -0.39 is 10.1 Å². The van der Waals surface area contributed by atoms with Gasteiger partial charge < -0.3 is 4.90 Å². The van der Waals surface area contributed by atoms with E-state index >= 15 is 0 Å². The third kappa shape index (κ3) is 3.63. The van der Waals surface area contributed by atoms with Crippen molar-refractivity contribution in [1.82, 2.24) is 4.90 Å². The number of piperidine rings is 1. The van der Waals surface area contributed by atoms with E-state index in [2.05, 4.69) is 0 Å². The zero-order valence-electron chi connectivity index (χ0n) is 8.39. The Morgan fingerprint density at radius 3 is 2.64 bits per heavy atom. The molecule has 14 heavy (non-hydrogen) atoms. The van der Waals surface area contributed by atoms with Gasteiger partial charge in [-0.15, -0.1) is 0 Å². The minimum absolute atomic E-state index is 0.0354. The molecule has 0 aliphatic carbocycles. The topological polar surface area (TPSA) is 63.7 Å². The van der Waals surface area contributed by atoms with E-state index in [-0.39, 0.29) is 12.0 Å². The van der Waals surface area contributed by atoms with Gasteiger partial charge in [-0.3, -0.25) is 8.98 Å². The summed E-state index contributed by atoms with van der Waals surface area (Å²) < 4.78 is 26.5. The normalized spacial score (nSPS) is 23.6. The zero-order chi connectivity index (χ0) is 10.8. The maximum atomic E-state index is 11.0. The Kier molecular flexibility index (Phi) is 3.49. The van der Waals surface area contributed by atoms with Gasteiger partial charge in [0.15, 0.2) is 0 Å². The van der Waals surface area contributed by atoms with E-state index in [1.54, 1.807) is 4.90 Å². The molecule has 1 aliphatic heterocycles. The molecule has 0 N–H and O–H groups in total. The third-order valence-corrected chi connectivity index (χ3v) is 2.76. The monoisotopic (exact) mass is 221 g/mol. The van der Waals surface area contributed by atoms with Crippen LogP contribution in [0, 0.1) is 0 Å². The summed E-state index contributed by atoms with van der Waals surface area (Å²) >= 11 is 0. The van der Waals surface area contributed by atoms with Crippen molar-refractivity contribution in [2.75, 3.05) is 19.3 Å². The highest BCUT2D eigenvalue weighted by atomic mass is 32.2. The van der Waals surface area contributed by atoms with Crippen molar-refractivity contribution in [3.05, 3.63) is 0 Å². The van der Waals surface area contributed by atoms with Gasteiger partial charge in [0.25, 0.3) is 10.1 Å². The number of carbonyl (C=O) groups is 1. The number of amides is 1. The molecule has 1 aliphatic rings. The summed E-state index contributed by atoms with van der Waals surface area (Å²) in [4.78, 5) is 12.6. The van der Waals surface area contributed by atoms with Crippen LogP contribution in [-0.2, 0) is 19.1 Å². The number of hydrogen-bond donors (Lipinski definition) is 0. The molecule has 1 saturated heterocycles. The van der Waals surface area contributed by atoms with Gasteiger partial charge in [0.05, 0.1) is 12.4 Å². The molecule has 1 heterocycles.